The lowest BCUT2D eigenvalue weighted by Gasteiger charge is -2.05. The van der Waals surface area contributed by atoms with E-state index in [1.165, 1.54) is 0 Å². The van der Waals surface area contributed by atoms with Gasteiger partial charge in [-0.3, -0.25) is 4.55 Å². The highest BCUT2D eigenvalue weighted by molar-refractivity contribution is 7.85. The van der Waals surface area contributed by atoms with E-state index in [-0.39, 0.29) is 18.2 Å². The van der Waals surface area contributed by atoms with E-state index in [2.05, 4.69) is 10.6 Å². The first-order valence-electron chi connectivity index (χ1n) is 6.80. The molecule has 22 heavy (non-hydrogen) atoms. The van der Waals surface area contributed by atoms with Crippen LogP contribution < -0.4 is 17.0 Å². The molecule has 0 saturated carbocycles. The fraction of sp³-hybridized carbons (Fsp3) is 0.188. The summed E-state index contributed by atoms with van der Waals surface area (Å²) in [6.45, 7) is 0.543. The molecule has 3 rings (SSSR count). The van der Waals surface area contributed by atoms with Crippen molar-refractivity contribution in [1.82, 2.24) is 0 Å². The average Bonchev–Trinajstić information content (AvgIpc) is 2.45. The van der Waals surface area contributed by atoms with E-state index in [9.17, 15) is 8.42 Å². The number of fused-ring (bicyclic) bond motifs is 2. The number of hydrogen-bond acceptors (Lipinski definition) is 2. The van der Waals surface area contributed by atoms with Gasteiger partial charge in [0.15, 0.2) is 6.54 Å². The van der Waals surface area contributed by atoms with E-state index in [1.807, 2.05) is 48.5 Å². The van der Waals surface area contributed by atoms with Crippen molar-refractivity contribution >= 4 is 31.9 Å². The topological polar surface area (TPSA) is 58.3 Å². The molecule has 0 aliphatic heterocycles. The highest BCUT2D eigenvalue weighted by Gasteiger charge is 2.15. The van der Waals surface area contributed by atoms with Crippen LogP contribution in [0.25, 0.3) is 21.8 Å². The van der Waals surface area contributed by atoms with Crippen molar-refractivity contribution in [2.45, 2.75) is 13.0 Å². The summed E-state index contributed by atoms with van der Waals surface area (Å²) in [4.78, 5) is 0. The summed E-state index contributed by atoms with van der Waals surface area (Å²) in [5.41, 5.74) is 2.12. The zero-order valence-corrected chi connectivity index (χ0v) is 13.4. The van der Waals surface area contributed by atoms with Crippen molar-refractivity contribution in [3.63, 3.8) is 0 Å². The number of aryl methyl sites for hydroxylation is 1. The highest BCUT2D eigenvalue weighted by atomic mass is 35.5. The molecule has 0 saturated heterocycles. The zero-order chi connectivity index (χ0) is 14.9. The maximum Gasteiger partial charge on any atom is 0.265 e. The summed E-state index contributed by atoms with van der Waals surface area (Å²) in [6.07, 6.45) is 0.376. The van der Waals surface area contributed by atoms with E-state index >= 15 is 0 Å². The number of pyridine rings is 1. The molecule has 0 spiro atoms. The van der Waals surface area contributed by atoms with Crippen molar-refractivity contribution < 1.29 is 29.9 Å². The first kappa shape index (κ1) is 16.7. The van der Waals surface area contributed by atoms with Crippen molar-refractivity contribution in [3.8, 4) is 0 Å². The maximum atomic E-state index is 10.9. The predicted octanol–water partition coefficient (Wildman–Crippen LogP) is -0.438. The third-order valence-corrected chi connectivity index (χ3v) is 4.35. The van der Waals surface area contributed by atoms with Crippen molar-refractivity contribution in [2.24, 2.45) is 0 Å². The molecule has 0 bridgehead atoms. The molecular formula is C16H16ClNO3S. The van der Waals surface area contributed by atoms with Gasteiger partial charge >= 0.3 is 0 Å². The summed E-state index contributed by atoms with van der Waals surface area (Å²) in [5, 5.41) is 2.23. The molecule has 0 fully saturated rings. The molecule has 0 aliphatic rings. The Morgan fingerprint density at radius 3 is 1.91 bits per heavy atom. The van der Waals surface area contributed by atoms with E-state index < -0.39 is 10.1 Å². The van der Waals surface area contributed by atoms with Crippen LogP contribution in [0.3, 0.4) is 0 Å². The van der Waals surface area contributed by atoms with Crippen molar-refractivity contribution in [3.05, 3.63) is 54.6 Å². The Hall–Kier alpha value is -1.69. The van der Waals surface area contributed by atoms with Crippen LogP contribution in [-0.4, -0.2) is 18.7 Å². The van der Waals surface area contributed by atoms with E-state index in [4.69, 9.17) is 4.55 Å². The Bertz CT molecular complexity index is 856. The van der Waals surface area contributed by atoms with Crippen LogP contribution in [-0.2, 0) is 16.7 Å². The van der Waals surface area contributed by atoms with Gasteiger partial charge in [0.05, 0.1) is 5.75 Å². The van der Waals surface area contributed by atoms with Crippen molar-refractivity contribution in [2.75, 3.05) is 5.75 Å². The summed E-state index contributed by atoms with van der Waals surface area (Å²) < 4.78 is 32.8. The van der Waals surface area contributed by atoms with Gasteiger partial charge in [-0.25, -0.2) is 0 Å². The van der Waals surface area contributed by atoms with Gasteiger partial charge in [-0.15, -0.1) is 0 Å². The van der Waals surface area contributed by atoms with Crippen LogP contribution >= 0.6 is 0 Å². The minimum atomic E-state index is -3.91. The van der Waals surface area contributed by atoms with E-state index in [1.54, 1.807) is 0 Å². The second-order valence-electron chi connectivity index (χ2n) is 5.05. The van der Waals surface area contributed by atoms with Crippen LogP contribution in [0.5, 0.6) is 0 Å². The molecule has 3 aromatic rings. The summed E-state index contributed by atoms with van der Waals surface area (Å²) in [5.74, 6) is -0.225. The Morgan fingerprint density at radius 1 is 0.909 bits per heavy atom. The Balaban J connectivity index is 0.00000176. The molecule has 1 aromatic heterocycles. The van der Waals surface area contributed by atoms with E-state index in [0.717, 1.165) is 21.8 Å². The predicted molar refractivity (Wildman–Crippen MR) is 82.7 cm³/mol. The van der Waals surface area contributed by atoms with E-state index in [0.29, 0.717) is 13.0 Å². The number of aromatic nitrogens is 1. The number of nitrogens with zero attached hydrogens (tertiary/aromatic N) is 1. The molecule has 0 aliphatic carbocycles. The minimum Gasteiger partial charge on any atom is -1.00 e. The molecule has 2 aromatic carbocycles. The quantitative estimate of drug-likeness (QED) is 0.399. The Kier molecular flexibility index (Phi) is 5.01. The number of benzene rings is 2. The van der Waals surface area contributed by atoms with Crippen LogP contribution in [0.1, 0.15) is 6.42 Å². The number of hydrogen-bond donors (Lipinski definition) is 1. The second kappa shape index (κ2) is 6.60. The van der Waals surface area contributed by atoms with Crippen LogP contribution in [0.15, 0.2) is 54.6 Å². The normalized spacial score (nSPS) is 11.5. The molecular weight excluding hydrogens is 322 g/mol. The second-order valence-corrected chi connectivity index (χ2v) is 6.63. The lowest BCUT2D eigenvalue weighted by Crippen LogP contribution is -3.00. The van der Waals surface area contributed by atoms with Crippen LogP contribution in [0, 0.1) is 0 Å². The summed E-state index contributed by atoms with van der Waals surface area (Å²) in [6, 6.07) is 18.2. The van der Waals surface area contributed by atoms with Gasteiger partial charge in [0.1, 0.15) is 0 Å². The molecule has 1 heterocycles. The molecule has 0 amide bonds. The molecule has 0 atom stereocenters. The van der Waals surface area contributed by atoms with Gasteiger partial charge in [-0.05, 0) is 18.2 Å². The van der Waals surface area contributed by atoms with Gasteiger partial charge in [0, 0.05) is 29.3 Å². The number of halogens is 1. The molecule has 1 N–H and O–H groups in total. The van der Waals surface area contributed by atoms with Crippen molar-refractivity contribution in [1.29, 1.82) is 0 Å². The molecule has 116 valence electrons. The smallest absolute Gasteiger partial charge is 0.265 e. The highest BCUT2D eigenvalue weighted by Crippen LogP contribution is 2.18. The standard InChI is InChI=1S/C16H15NO3S.ClH/c18-21(19,20)11-5-10-17-15-8-3-1-6-13(15)12-14-7-2-4-9-16(14)17;/h1-4,6-9,12H,5,10-11H2;1H. The third-order valence-electron chi connectivity index (χ3n) is 3.55. The van der Waals surface area contributed by atoms with Gasteiger partial charge in [-0.1, -0.05) is 24.3 Å². The Labute approximate surface area is 135 Å². The lowest BCUT2D eigenvalue weighted by atomic mass is 10.1. The monoisotopic (exact) mass is 337 g/mol. The first-order chi connectivity index (χ1) is 10.0. The SMILES string of the molecule is O=S(=O)(O)CCC[n+]1c2ccccc2cc2ccccc21.[Cl-]. The number of rotatable bonds is 4. The lowest BCUT2D eigenvalue weighted by molar-refractivity contribution is -0.645. The fourth-order valence-electron chi connectivity index (χ4n) is 2.65. The fourth-order valence-corrected chi connectivity index (χ4v) is 3.15. The minimum absolute atomic E-state index is 0. The largest absolute Gasteiger partial charge is 1.00 e. The van der Waals surface area contributed by atoms with Gasteiger partial charge in [0.2, 0.25) is 11.0 Å². The maximum absolute atomic E-state index is 10.9. The Morgan fingerprint density at radius 2 is 1.41 bits per heavy atom. The van der Waals surface area contributed by atoms with Gasteiger partial charge < -0.3 is 12.4 Å². The average molecular weight is 338 g/mol. The first-order valence-corrected chi connectivity index (χ1v) is 8.41. The molecule has 0 unspecified atom stereocenters. The van der Waals surface area contributed by atoms with Gasteiger partial charge in [0.25, 0.3) is 10.1 Å². The summed E-state index contributed by atoms with van der Waals surface area (Å²) >= 11 is 0. The zero-order valence-electron chi connectivity index (χ0n) is 11.8. The summed E-state index contributed by atoms with van der Waals surface area (Å²) in [7, 11) is -3.91. The molecule has 6 heteroatoms. The van der Waals surface area contributed by atoms with Crippen LogP contribution in [0.4, 0.5) is 0 Å². The van der Waals surface area contributed by atoms with Crippen LogP contribution in [0.2, 0.25) is 0 Å². The van der Waals surface area contributed by atoms with Gasteiger partial charge in [-0.2, -0.15) is 13.0 Å². The molecule has 4 nitrogen and oxygen atoms in total. The third kappa shape index (κ3) is 3.55. The number of para-hydroxylation sites is 2. The molecule has 0 radical (unpaired) electrons.